The maximum absolute atomic E-state index is 9.42. The molecule has 0 spiro atoms. The molecule has 0 radical (unpaired) electrons. The van der Waals surface area contributed by atoms with E-state index in [9.17, 15) is 5.11 Å². The lowest BCUT2D eigenvalue weighted by atomic mass is 10.1. The molecule has 1 rings (SSSR count). The second-order valence-electron chi connectivity index (χ2n) is 2.86. The van der Waals surface area contributed by atoms with E-state index in [1.165, 1.54) is 0 Å². The Bertz CT molecular complexity index is 367. The van der Waals surface area contributed by atoms with Crippen molar-refractivity contribution in [3.8, 4) is 6.07 Å². The van der Waals surface area contributed by atoms with E-state index in [0.717, 1.165) is 5.57 Å². The van der Waals surface area contributed by atoms with Gasteiger partial charge in [0, 0.05) is 5.57 Å². The van der Waals surface area contributed by atoms with Gasteiger partial charge in [-0.2, -0.15) is 5.26 Å². The summed E-state index contributed by atoms with van der Waals surface area (Å²) in [4.78, 5) is 0. The lowest BCUT2D eigenvalue weighted by Crippen LogP contribution is -2.02. The Morgan fingerprint density at radius 2 is 2.43 bits per heavy atom. The maximum atomic E-state index is 9.42. The SMILES string of the molecule is N#CC/C=C\C1=C(N)C(O)=CCC=C1. The van der Waals surface area contributed by atoms with Crippen LogP contribution in [0.5, 0.6) is 0 Å². The van der Waals surface area contributed by atoms with Crippen molar-refractivity contribution >= 4 is 0 Å². The zero-order chi connectivity index (χ0) is 10.4. The fourth-order valence-corrected chi connectivity index (χ4v) is 1.11. The van der Waals surface area contributed by atoms with Gasteiger partial charge < -0.3 is 10.8 Å². The Hall–Kier alpha value is -1.95. The zero-order valence-corrected chi connectivity index (χ0v) is 7.77. The van der Waals surface area contributed by atoms with Crippen LogP contribution in [0.15, 0.2) is 47.4 Å². The van der Waals surface area contributed by atoms with E-state index >= 15 is 0 Å². The predicted octanol–water partition coefficient (Wildman–Crippen LogP) is 2.07. The molecule has 0 amide bonds. The highest BCUT2D eigenvalue weighted by molar-refractivity contribution is 5.43. The zero-order valence-electron chi connectivity index (χ0n) is 7.77. The number of hydrogen-bond donors (Lipinski definition) is 2. The first kappa shape index (κ1) is 10.1. The summed E-state index contributed by atoms with van der Waals surface area (Å²) in [5, 5.41) is 17.8. The fraction of sp³-hybridized carbons (Fsp3) is 0.182. The van der Waals surface area contributed by atoms with Gasteiger partial charge in [0.2, 0.25) is 0 Å². The largest absolute Gasteiger partial charge is 0.506 e. The number of nitrogens with two attached hydrogens (primary N) is 1. The second kappa shape index (κ2) is 4.93. The van der Waals surface area contributed by atoms with Gasteiger partial charge in [0.05, 0.1) is 18.2 Å². The fourth-order valence-electron chi connectivity index (χ4n) is 1.11. The molecule has 0 saturated carbocycles. The molecule has 3 N–H and O–H groups in total. The van der Waals surface area contributed by atoms with Crippen molar-refractivity contribution in [3.63, 3.8) is 0 Å². The van der Waals surface area contributed by atoms with Crippen LogP contribution in [0.3, 0.4) is 0 Å². The Labute approximate surface area is 83.2 Å². The molecule has 0 aromatic rings. The summed E-state index contributed by atoms with van der Waals surface area (Å²) < 4.78 is 0. The average molecular weight is 188 g/mol. The molecule has 72 valence electrons. The number of nitriles is 1. The highest BCUT2D eigenvalue weighted by Crippen LogP contribution is 2.15. The minimum atomic E-state index is 0.103. The summed E-state index contributed by atoms with van der Waals surface area (Å²) in [6.45, 7) is 0. The first-order valence-corrected chi connectivity index (χ1v) is 4.35. The molecule has 0 heterocycles. The average Bonchev–Trinajstić information content (AvgIpc) is 2.33. The number of allylic oxidation sites excluding steroid dienone is 6. The third-order valence-corrected chi connectivity index (χ3v) is 1.84. The van der Waals surface area contributed by atoms with E-state index in [1.807, 2.05) is 18.2 Å². The molecule has 0 aromatic carbocycles. The van der Waals surface area contributed by atoms with Gasteiger partial charge in [0.15, 0.2) is 0 Å². The van der Waals surface area contributed by atoms with Crippen LogP contribution in [0, 0.1) is 11.3 Å². The summed E-state index contributed by atoms with van der Waals surface area (Å²) in [6.07, 6.45) is 9.86. The second-order valence-corrected chi connectivity index (χ2v) is 2.86. The molecule has 0 aliphatic heterocycles. The molecule has 1 aliphatic rings. The Morgan fingerprint density at radius 1 is 1.64 bits per heavy atom. The molecule has 3 nitrogen and oxygen atoms in total. The molecule has 14 heavy (non-hydrogen) atoms. The summed E-state index contributed by atoms with van der Waals surface area (Å²) in [5.41, 5.74) is 6.78. The number of nitrogens with zero attached hydrogens (tertiary/aromatic N) is 1. The van der Waals surface area contributed by atoms with Gasteiger partial charge >= 0.3 is 0 Å². The Kier molecular flexibility index (Phi) is 3.57. The summed E-state index contributed by atoms with van der Waals surface area (Å²) in [5.74, 6) is 0.103. The van der Waals surface area contributed by atoms with Gasteiger partial charge in [-0.05, 0) is 12.5 Å². The van der Waals surface area contributed by atoms with Gasteiger partial charge in [0.25, 0.3) is 0 Å². The molecule has 0 unspecified atom stereocenters. The van der Waals surface area contributed by atoms with Gasteiger partial charge in [-0.25, -0.2) is 0 Å². The maximum Gasteiger partial charge on any atom is 0.135 e. The number of aliphatic hydroxyl groups is 1. The van der Waals surface area contributed by atoms with Crippen molar-refractivity contribution in [1.29, 1.82) is 5.26 Å². The van der Waals surface area contributed by atoms with Crippen LogP contribution in [-0.2, 0) is 0 Å². The molecule has 0 saturated heterocycles. The number of aliphatic hydroxyl groups excluding tert-OH is 1. The quantitative estimate of drug-likeness (QED) is 0.696. The van der Waals surface area contributed by atoms with Gasteiger partial charge in [-0.15, -0.1) is 0 Å². The molecule has 3 heteroatoms. The highest BCUT2D eigenvalue weighted by atomic mass is 16.3. The van der Waals surface area contributed by atoms with Crippen LogP contribution >= 0.6 is 0 Å². The number of hydrogen-bond acceptors (Lipinski definition) is 3. The van der Waals surface area contributed by atoms with Crippen LogP contribution in [0.2, 0.25) is 0 Å². The van der Waals surface area contributed by atoms with Crippen LogP contribution in [0.1, 0.15) is 12.8 Å². The molecule has 0 bridgehead atoms. The summed E-state index contributed by atoms with van der Waals surface area (Å²) in [7, 11) is 0. The van der Waals surface area contributed by atoms with Crippen LogP contribution in [0.25, 0.3) is 0 Å². The molecule has 0 fully saturated rings. The van der Waals surface area contributed by atoms with Crippen molar-refractivity contribution < 1.29 is 5.11 Å². The van der Waals surface area contributed by atoms with Crippen molar-refractivity contribution in [2.24, 2.45) is 5.73 Å². The predicted molar refractivity (Wildman–Crippen MR) is 55.1 cm³/mol. The van der Waals surface area contributed by atoms with Crippen LogP contribution in [0.4, 0.5) is 0 Å². The summed E-state index contributed by atoms with van der Waals surface area (Å²) in [6, 6.07) is 2.00. The van der Waals surface area contributed by atoms with Gasteiger partial charge in [-0.3, -0.25) is 0 Å². The third kappa shape index (κ3) is 2.53. The van der Waals surface area contributed by atoms with Crippen molar-refractivity contribution in [3.05, 3.63) is 47.4 Å². The summed E-state index contributed by atoms with van der Waals surface area (Å²) >= 11 is 0. The number of rotatable bonds is 2. The molecule has 1 aliphatic carbocycles. The molecule has 0 atom stereocenters. The van der Waals surface area contributed by atoms with E-state index in [1.54, 1.807) is 18.2 Å². The standard InChI is InChI=1S/C11H12N2O/c12-8-4-3-6-9-5-1-2-7-10(14)11(9)13/h1,3,5-7,14H,2,4,13H2/b6-3-. The van der Waals surface area contributed by atoms with Crippen molar-refractivity contribution in [2.75, 3.05) is 0 Å². The lowest BCUT2D eigenvalue weighted by Gasteiger charge is -2.01. The first-order chi connectivity index (χ1) is 6.75. The van der Waals surface area contributed by atoms with Crippen molar-refractivity contribution in [1.82, 2.24) is 0 Å². The molecular formula is C11H12N2O. The van der Waals surface area contributed by atoms with E-state index in [-0.39, 0.29) is 5.76 Å². The Balaban J connectivity index is 2.89. The Morgan fingerprint density at radius 3 is 3.14 bits per heavy atom. The van der Waals surface area contributed by atoms with Gasteiger partial charge in [0.1, 0.15) is 5.76 Å². The highest BCUT2D eigenvalue weighted by Gasteiger charge is 2.04. The van der Waals surface area contributed by atoms with Crippen LogP contribution < -0.4 is 5.73 Å². The van der Waals surface area contributed by atoms with E-state index in [4.69, 9.17) is 11.0 Å². The topological polar surface area (TPSA) is 70.0 Å². The molecular weight excluding hydrogens is 176 g/mol. The third-order valence-electron chi connectivity index (χ3n) is 1.84. The molecule has 0 aromatic heterocycles. The first-order valence-electron chi connectivity index (χ1n) is 4.35. The van der Waals surface area contributed by atoms with Gasteiger partial charge in [-0.1, -0.05) is 24.3 Å². The van der Waals surface area contributed by atoms with E-state index in [0.29, 0.717) is 18.5 Å². The van der Waals surface area contributed by atoms with Crippen molar-refractivity contribution in [2.45, 2.75) is 12.8 Å². The smallest absolute Gasteiger partial charge is 0.135 e. The van der Waals surface area contributed by atoms with E-state index in [2.05, 4.69) is 0 Å². The minimum Gasteiger partial charge on any atom is -0.506 e. The minimum absolute atomic E-state index is 0.103. The van der Waals surface area contributed by atoms with E-state index < -0.39 is 0 Å². The lowest BCUT2D eigenvalue weighted by molar-refractivity contribution is 0.420. The normalized spacial score (nSPS) is 16.6. The monoisotopic (exact) mass is 188 g/mol. The van der Waals surface area contributed by atoms with Crippen LogP contribution in [-0.4, -0.2) is 5.11 Å².